The smallest absolute Gasteiger partial charge is 0.163 e. The van der Waals surface area contributed by atoms with E-state index in [0.717, 1.165) is 12.1 Å². The molecule has 1 atom stereocenters. The number of phenolic OH excluding ortho intramolecular Hbond substituents is 1. The number of benzene rings is 1. The Balaban J connectivity index is 3.14. The molecule has 4 nitrogen and oxygen atoms in total. The van der Waals surface area contributed by atoms with Crippen LogP contribution < -0.4 is 10.5 Å². The van der Waals surface area contributed by atoms with Gasteiger partial charge in [0.2, 0.25) is 0 Å². The zero-order valence-electron chi connectivity index (χ0n) is 7.70. The zero-order chi connectivity index (χ0) is 10.7. The number of phenols is 1. The molecule has 78 valence electrons. The van der Waals surface area contributed by atoms with E-state index in [1.54, 1.807) is 0 Å². The molecule has 1 aromatic carbocycles. The molecule has 0 aliphatic carbocycles. The topological polar surface area (TPSA) is 75.7 Å². The molecule has 0 saturated heterocycles. The lowest BCUT2D eigenvalue weighted by Crippen LogP contribution is -2.16. The van der Waals surface area contributed by atoms with Gasteiger partial charge >= 0.3 is 0 Å². The van der Waals surface area contributed by atoms with Crippen molar-refractivity contribution in [2.75, 3.05) is 13.7 Å². The maximum Gasteiger partial charge on any atom is 0.163 e. The quantitative estimate of drug-likeness (QED) is 0.666. The van der Waals surface area contributed by atoms with E-state index in [1.807, 2.05) is 0 Å². The highest BCUT2D eigenvalue weighted by Crippen LogP contribution is 2.30. The molecule has 1 unspecified atom stereocenters. The Bertz CT molecular complexity index is 330. The number of hydrogen-bond acceptors (Lipinski definition) is 4. The van der Waals surface area contributed by atoms with Crippen molar-refractivity contribution in [3.63, 3.8) is 0 Å². The molecule has 1 aromatic rings. The molecular weight excluding hydrogens is 189 g/mol. The van der Waals surface area contributed by atoms with Crippen LogP contribution in [0.15, 0.2) is 12.1 Å². The lowest BCUT2D eigenvalue weighted by molar-refractivity contribution is 0.264. The van der Waals surface area contributed by atoms with Gasteiger partial charge in [0, 0.05) is 11.6 Å². The minimum Gasteiger partial charge on any atom is -0.504 e. The van der Waals surface area contributed by atoms with Crippen LogP contribution >= 0.6 is 0 Å². The summed E-state index contributed by atoms with van der Waals surface area (Å²) < 4.78 is 18.0. The molecule has 5 heteroatoms. The third-order valence-electron chi connectivity index (χ3n) is 1.89. The van der Waals surface area contributed by atoms with Crippen LogP contribution in [-0.4, -0.2) is 23.9 Å². The summed E-state index contributed by atoms with van der Waals surface area (Å²) in [5, 5.41) is 18.1. The van der Waals surface area contributed by atoms with E-state index in [1.165, 1.54) is 7.11 Å². The summed E-state index contributed by atoms with van der Waals surface area (Å²) in [7, 11) is 1.32. The molecule has 4 N–H and O–H groups in total. The van der Waals surface area contributed by atoms with Crippen LogP contribution in [0.3, 0.4) is 0 Å². The number of hydrogen-bond donors (Lipinski definition) is 3. The predicted molar refractivity (Wildman–Crippen MR) is 48.6 cm³/mol. The first kappa shape index (κ1) is 10.7. The number of aliphatic hydroxyl groups excluding tert-OH is 1. The van der Waals surface area contributed by atoms with E-state index in [2.05, 4.69) is 0 Å². The van der Waals surface area contributed by atoms with E-state index in [4.69, 9.17) is 15.6 Å². The summed E-state index contributed by atoms with van der Waals surface area (Å²) in [6, 6.07) is 1.33. The second kappa shape index (κ2) is 4.26. The SMILES string of the molecule is COc1cc(F)c(C(N)CO)cc1O. The second-order valence-corrected chi connectivity index (χ2v) is 2.83. The van der Waals surface area contributed by atoms with Gasteiger partial charge in [-0.1, -0.05) is 0 Å². The van der Waals surface area contributed by atoms with Gasteiger partial charge in [-0.15, -0.1) is 0 Å². The summed E-state index contributed by atoms with van der Waals surface area (Å²) in [6.07, 6.45) is 0. The molecular formula is C9H12FNO3. The minimum atomic E-state index is -0.841. The van der Waals surface area contributed by atoms with Crippen LogP contribution in [-0.2, 0) is 0 Å². The Kier molecular flexibility index (Phi) is 3.27. The van der Waals surface area contributed by atoms with E-state index in [0.29, 0.717) is 0 Å². The van der Waals surface area contributed by atoms with E-state index in [9.17, 15) is 9.50 Å². The van der Waals surface area contributed by atoms with Gasteiger partial charge in [0.25, 0.3) is 0 Å². The van der Waals surface area contributed by atoms with Gasteiger partial charge in [0.1, 0.15) is 5.82 Å². The van der Waals surface area contributed by atoms with Gasteiger partial charge in [-0.05, 0) is 6.07 Å². The summed E-state index contributed by atoms with van der Waals surface area (Å²) in [5.74, 6) is -0.773. The maximum absolute atomic E-state index is 13.3. The number of ether oxygens (including phenoxy) is 1. The second-order valence-electron chi connectivity index (χ2n) is 2.83. The van der Waals surface area contributed by atoms with Gasteiger partial charge < -0.3 is 20.7 Å². The van der Waals surface area contributed by atoms with Crippen molar-refractivity contribution in [3.8, 4) is 11.5 Å². The molecule has 1 rings (SSSR count). The van der Waals surface area contributed by atoms with Gasteiger partial charge in [-0.3, -0.25) is 0 Å². The molecule has 0 bridgehead atoms. The molecule has 0 heterocycles. The van der Waals surface area contributed by atoms with Crippen molar-refractivity contribution < 1.29 is 19.3 Å². The van der Waals surface area contributed by atoms with Crippen molar-refractivity contribution in [2.24, 2.45) is 5.73 Å². The number of nitrogens with two attached hydrogens (primary N) is 1. The highest BCUT2D eigenvalue weighted by molar-refractivity contribution is 5.43. The van der Waals surface area contributed by atoms with Crippen LogP contribution in [0.4, 0.5) is 4.39 Å². The molecule has 0 spiro atoms. The zero-order valence-corrected chi connectivity index (χ0v) is 7.70. The van der Waals surface area contributed by atoms with Crippen LogP contribution in [0.5, 0.6) is 11.5 Å². The van der Waals surface area contributed by atoms with Crippen molar-refractivity contribution in [3.05, 3.63) is 23.5 Å². The average Bonchev–Trinajstić information content (AvgIpc) is 2.19. The van der Waals surface area contributed by atoms with Crippen molar-refractivity contribution in [1.82, 2.24) is 0 Å². The van der Waals surface area contributed by atoms with Gasteiger partial charge in [0.15, 0.2) is 11.5 Å². The Morgan fingerprint density at radius 3 is 2.71 bits per heavy atom. The van der Waals surface area contributed by atoms with Crippen LogP contribution in [0.2, 0.25) is 0 Å². The molecule has 0 amide bonds. The number of aliphatic hydroxyl groups is 1. The van der Waals surface area contributed by atoms with E-state index in [-0.39, 0.29) is 23.7 Å². The van der Waals surface area contributed by atoms with E-state index >= 15 is 0 Å². The predicted octanol–water partition coefficient (Wildman–Crippen LogP) is 0.532. The molecule has 0 aromatic heterocycles. The lowest BCUT2D eigenvalue weighted by atomic mass is 10.1. The highest BCUT2D eigenvalue weighted by Gasteiger charge is 2.14. The molecule has 0 radical (unpaired) electrons. The molecule has 0 aliphatic rings. The first-order valence-electron chi connectivity index (χ1n) is 4.03. The fourth-order valence-electron chi connectivity index (χ4n) is 1.11. The Morgan fingerprint density at radius 2 is 2.21 bits per heavy atom. The fraction of sp³-hybridized carbons (Fsp3) is 0.333. The first-order chi connectivity index (χ1) is 6.60. The number of aromatic hydroxyl groups is 1. The molecule has 0 saturated carbocycles. The van der Waals surface area contributed by atoms with Crippen LogP contribution in [0.25, 0.3) is 0 Å². The summed E-state index contributed by atoms with van der Waals surface area (Å²) in [6.45, 7) is -0.386. The fourth-order valence-corrected chi connectivity index (χ4v) is 1.11. The normalized spacial score (nSPS) is 12.6. The molecule has 0 aliphatic heterocycles. The van der Waals surface area contributed by atoms with Gasteiger partial charge in [-0.2, -0.15) is 0 Å². The average molecular weight is 201 g/mol. The summed E-state index contributed by atoms with van der Waals surface area (Å²) in [4.78, 5) is 0. The summed E-state index contributed by atoms with van der Waals surface area (Å²) >= 11 is 0. The largest absolute Gasteiger partial charge is 0.504 e. The Labute approximate surface area is 80.7 Å². The van der Waals surface area contributed by atoms with Crippen molar-refractivity contribution in [2.45, 2.75) is 6.04 Å². The minimum absolute atomic E-state index is 0.0383. The van der Waals surface area contributed by atoms with Gasteiger partial charge in [-0.25, -0.2) is 4.39 Å². The monoisotopic (exact) mass is 201 g/mol. The summed E-state index contributed by atoms with van der Waals surface area (Å²) in [5.41, 5.74) is 5.47. The number of rotatable bonds is 3. The Morgan fingerprint density at radius 1 is 1.57 bits per heavy atom. The number of methoxy groups -OCH3 is 1. The third kappa shape index (κ3) is 1.94. The van der Waals surface area contributed by atoms with Crippen LogP contribution in [0, 0.1) is 5.82 Å². The number of halogens is 1. The van der Waals surface area contributed by atoms with Gasteiger partial charge in [0.05, 0.1) is 19.8 Å². The third-order valence-corrected chi connectivity index (χ3v) is 1.89. The lowest BCUT2D eigenvalue weighted by Gasteiger charge is -2.12. The van der Waals surface area contributed by atoms with Crippen molar-refractivity contribution >= 4 is 0 Å². The van der Waals surface area contributed by atoms with E-state index < -0.39 is 11.9 Å². The van der Waals surface area contributed by atoms with Crippen molar-refractivity contribution in [1.29, 1.82) is 0 Å². The van der Waals surface area contributed by atoms with Crippen LogP contribution in [0.1, 0.15) is 11.6 Å². The Hall–Kier alpha value is -1.33. The molecule has 14 heavy (non-hydrogen) atoms. The molecule has 0 fully saturated rings. The highest BCUT2D eigenvalue weighted by atomic mass is 19.1. The standard InChI is InChI=1S/C9H12FNO3/c1-14-9-3-6(10)5(2-8(9)13)7(11)4-12/h2-3,7,12-13H,4,11H2,1H3. The maximum atomic E-state index is 13.3. The first-order valence-corrected chi connectivity index (χ1v) is 4.03.